The highest BCUT2D eigenvalue weighted by Gasteiger charge is 2.17. The molecule has 0 bridgehead atoms. The van der Waals surface area contributed by atoms with Crippen LogP contribution in [0.3, 0.4) is 0 Å². The molecule has 0 spiro atoms. The number of aromatic nitrogens is 1. The molecule has 0 aliphatic carbocycles. The lowest BCUT2D eigenvalue weighted by molar-refractivity contribution is 0.177. The molecule has 0 amide bonds. The van der Waals surface area contributed by atoms with Crippen molar-refractivity contribution in [3.05, 3.63) is 38.8 Å². The molecule has 0 radical (unpaired) electrons. The lowest BCUT2D eigenvalue weighted by Crippen LogP contribution is -2.03. The smallest absolute Gasteiger partial charge is 0.179 e. The highest BCUT2D eigenvalue weighted by Crippen LogP contribution is 2.38. The van der Waals surface area contributed by atoms with Gasteiger partial charge < -0.3 is 14.6 Å². The van der Waals surface area contributed by atoms with Crippen molar-refractivity contribution >= 4 is 22.9 Å². The van der Waals surface area contributed by atoms with Crippen LogP contribution in [0, 0.1) is 6.92 Å². The van der Waals surface area contributed by atoms with E-state index < -0.39 is 6.10 Å². The lowest BCUT2D eigenvalue weighted by atomic mass is 10.1. The number of thiazole rings is 1. The van der Waals surface area contributed by atoms with Crippen LogP contribution in [0.1, 0.15) is 22.4 Å². The number of benzene rings is 1. The second-order valence-corrected chi connectivity index (χ2v) is 5.69. The summed E-state index contributed by atoms with van der Waals surface area (Å²) in [5.41, 5.74) is 1.64. The monoisotopic (exact) mass is 313 g/mol. The summed E-state index contributed by atoms with van der Waals surface area (Å²) in [6.07, 6.45) is -0.234. The Morgan fingerprint density at radius 1 is 1.35 bits per heavy atom. The average molecular weight is 314 g/mol. The Morgan fingerprint density at radius 2 is 2.10 bits per heavy atom. The van der Waals surface area contributed by atoms with Gasteiger partial charge in [-0.15, -0.1) is 11.3 Å². The van der Waals surface area contributed by atoms with E-state index in [1.807, 2.05) is 12.3 Å². The number of ether oxygens (including phenoxy) is 2. The van der Waals surface area contributed by atoms with Crippen LogP contribution in [0.2, 0.25) is 5.02 Å². The molecule has 0 saturated carbocycles. The van der Waals surface area contributed by atoms with Crippen molar-refractivity contribution in [1.29, 1.82) is 0 Å². The fourth-order valence-electron chi connectivity index (χ4n) is 1.91. The first-order valence-electron chi connectivity index (χ1n) is 6.05. The Hall–Kier alpha value is -1.30. The van der Waals surface area contributed by atoms with E-state index in [0.29, 0.717) is 28.5 Å². The number of rotatable bonds is 5. The van der Waals surface area contributed by atoms with Crippen molar-refractivity contribution in [2.45, 2.75) is 19.4 Å². The molecule has 1 N–H and O–H groups in total. The van der Waals surface area contributed by atoms with Gasteiger partial charge in [-0.3, -0.25) is 0 Å². The van der Waals surface area contributed by atoms with Crippen LogP contribution in [0.5, 0.6) is 11.5 Å². The zero-order valence-corrected chi connectivity index (χ0v) is 13.1. The summed E-state index contributed by atoms with van der Waals surface area (Å²) < 4.78 is 10.4. The molecule has 1 unspecified atom stereocenters. The molecule has 1 atom stereocenters. The molecule has 2 aromatic rings. The van der Waals surface area contributed by atoms with Gasteiger partial charge in [0.15, 0.2) is 11.5 Å². The molecule has 2 rings (SSSR count). The van der Waals surface area contributed by atoms with E-state index in [0.717, 1.165) is 10.7 Å². The van der Waals surface area contributed by atoms with Gasteiger partial charge in [-0.05, 0) is 24.6 Å². The van der Waals surface area contributed by atoms with Gasteiger partial charge in [0.2, 0.25) is 0 Å². The molecule has 0 aliphatic heterocycles. The molecule has 0 saturated heterocycles. The molecule has 0 fully saturated rings. The predicted octanol–water partition coefficient (Wildman–Crippen LogP) is 3.40. The number of hydrogen-bond donors (Lipinski definition) is 1. The van der Waals surface area contributed by atoms with E-state index in [-0.39, 0.29) is 0 Å². The third kappa shape index (κ3) is 3.23. The molecule has 1 aromatic heterocycles. The summed E-state index contributed by atoms with van der Waals surface area (Å²) in [6, 6.07) is 3.42. The van der Waals surface area contributed by atoms with Gasteiger partial charge in [0.1, 0.15) is 0 Å². The van der Waals surface area contributed by atoms with Gasteiger partial charge >= 0.3 is 0 Å². The van der Waals surface area contributed by atoms with Crippen LogP contribution in [0.25, 0.3) is 0 Å². The molecule has 4 nitrogen and oxygen atoms in total. The molecular weight excluding hydrogens is 298 g/mol. The van der Waals surface area contributed by atoms with E-state index in [1.54, 1.807) is 12.1 Å². The predicted molar refractivity (Wildman–Crippen MR) is 80.1 cm³/mol. The molecule has 0 aliphatic rings. The Labute approximate surface area is 126 Å². The highest BCUT2D eigenvalue weighted by molar-refractivity contribution is 7.09. The van der Waals surface area contributed by atoms with Crippen molar-refractivity contribution in [2.24, 2.45) is 0 Å². The van der Waals surface area contributed by atoms with Crippen LogP contribution in [-0.4, -0.2) is 24.3 Å². The zero-order valence-electron chi connectivity index (χ0n) is 11.5. The van der Waals surface area contributed by atoms with Gasteiger partial charge in [-0.2, -0.15) is 0 Å². The van der Waals surface area contributed by atoms with Gasteiger partial charge in [-0.1, -0.05) is 11.6 Å². The fraction of sp³-hybridized carbons (Fsp3) is 0.357. The maximum Gasteiger partial charge on any atom is 0.179 e. The number of hydrogen-bond acceptors (Lipinski definition) is 5. The third-order valence-electron chi connectivity index (χ3n) is 2.88. The molecule has 108 valence electrons. The SMILES string of the molecule is COc1cc(C(O)Cc2nc(C)cs2)cc(Cl)c1OC. The summed E-state index contributed by atoms with van der Waals surface area (Å²) in [5.74, 6) is 0.972. The van der Waals surface area contributed by atoms with Crippen molar-refractivity contribution in [3.8, 4) is 11.5 Å². The average Bonchev–Trinajstić information content (AvgIpc) is 2.82. The fourth-order valence-corrected chi connectivity index (χ4v) is 3.02. The Balaban J connectivity index is 2.25. The van der Waals surface area contributed by atoms with Crippen molar-refractivity contribution in [3.63, 3.8) is 0 Å². The maximum absolute atomic E-state index is 10.3. The van der Waals surface area contributed by atoms with E-state index in [4.69, 9.17) is 21.1 Å². The quantitative estimate of drug-likeness (QED) is 0.919. The minimum absolute atomic E-state index is 0.413. The number of nitrogens with zero attached hydrogens (tertiary/aromatic N) is 1. The molecule has 6 heteroatoms. The van der Waals surface area contributed by atoms with Gasteiger partial charge in [-0.25, -0.2) is 4.98 Å². The van der Waals surface area contributed by atoms with Crippen molar-refractivity contribution < 1.29 is 14.6 Å². The largest absolute Gasteiger partial charge is 0.493 e. The second-order valence-electron chi connectivity index (χ2n) is 4.34. The van der Waals surface area contributed by atoms with Crippen molar-refractivity contribution in [1.82, 2.24) is 4.98 Å². The molecule has 1 aromatic carbocycles. The minimum Gasteiger partial charge on any atom is -0.493 e. The summed E-state index contributed by atoms with van der Waals surface area (Å²) in [6.45, 7) is 1.93. The first-order chi connectivity index (χ1) is 9.55. The lowest BCUT2D eigenvalue weighted by Gasteiger charge is -2.15. The normalized spacial score (nSPS) is 12.2. The maximum atomic E-state index is 10.3. The van der Waals surface area contributed by atoms with E-state index in [1.165, 1.54) is 25.6 Å². The zero-order chi connectivity index (χ0) is 14.7. The number of methoxy groups -OCH3 is 2. The van der Waals surface area contributed by atoms with Gasteiger partial charge in [0, 0.05) is 17.5 Å². The topological polar surface area (TPSA) is 51.6 Å². The summed E-state index contributed by atoms with van der Waals surface area (Å²) in [4.78, 5) is 4.34. The van der Waals surface area contributed by atoms with Crippen LogP contribution in [0.4, 0.5) is 0 Å². The summed E-state index contributed by atoms with van der Waals surface area (Å²) in [7, 11) is 3.06. The van der Waals surface area contributed by atoms with E-state index >= 15 is 0 Å². The number of aliphatic hydroxyl groups excluding tert-OH is 1. The number of aryl methyl sites for hydroxylation is 1. The Bertz CT molecular complexity index is 600. The van der Waals surface area contributed by atoms with Gasteiger partial charge in [0.05, 0.1) is 30.4 Å². The first kappa shape index (κ1) is 15.1. The molecular formula is C14H16ClNO3S. The summed E-state index contributed by atoms with van der Waals surface area (Å²) >= 11 is 7.67. The highest BCUT2D eigenvalue weighted by atomic mass is 35.5. The summed E-state index contributed by atoms with van der Waals surface area (Å²) in [5, 5.41) is 13.6. The first-order valence-corrected chi connectivity index (χ1v) is 7.31. The molecule has 20 heavy (non-hydrogen) atoms. The van der Waals surface area contributed by atoms with E-state index in [2.05, 4.69) is 4.98 Å². The van der Waals surface area contributed by atoms with E-state index in [9.17, 15) is 5.11 Å². The second kappa shape index (κ2) is 6.43. The van der Waals surface area contributed by atoms with Crippen molar-refractivity contribution in [2.75, 3.05) is 14.2 Å². The Morgan fingerprint density at radius 3 is 2.65 bits per heavy atom. The Kier molecular flexibility index (Phi) is 4.86. The van der Waals surface area contributed by atoms with Crippen LogP contribution >= 0.6 is 22.9 Å². The van der Waals surface area contributed by atoms with Gasteiger partial charge in [0.25, 0.3) is 0 Å². The standard InChI is InChI=1S/C14H16ClNO3S/c1-8-7-20-13(16-8)6-11(17)9-4-10(15)14(19-3)12(5-9)18-2/h4-5,7,11,17H,6H2,1-3H3. The van der Waals surface area contributed by atoms with Crippen LogP contribution < -0.4 is 9.47 Å². The molecule has 1 heterocycles. The van der Waals surface area contributed by atoms with Crippen LogP contribution in [-0.2, 0) is 6.42 Å². The third-order valence-corrected chi connectivity index (χ3v) is 4.14. The minimum atomic E-state index is -0.683. The van der Waals surface area contributed by atoms with Crippen LogP contribution in [0.15, 0.2) is 17.5 Å². The number of halogens is 1. The number of aliphatic hydroxyl groups is 1.